The van der Waals surface area contributed by atoms with Crippen molar-refractivity contribution in [3.63, 3.8) is 0 Å². The predicted octanol–water partition coefficient (Wildman–Crippen LogP) is 3.95. The van der Waals surface area contributed by atoms with Gasteiger partial charge in [0.05, 0.1) is 23.4 Å². The van der Waals surface area contributed by atoms with E-state index in [0.29, 0.717) is 5.25 Å². The Morgan fingerprint density at radius 3 is 3.04 bits per heavy atom. The van der Waals surface area contributed by atoms with E-state index in [1.54, 1.807) is 23.7 Å². The summed E-state index contributed by atoms with van der Waals surface area (Å²) in [6.45, 7) is 0.991. The SMILES string of the molecule is CN(Sc1ccccn1)c1cccc2cc(C3=NCC(CCO)S3)[nH]c12. The fraction of sp³-hybridized carbons (Fsp3) is 0.263. The molecule has 2 N–H and O–H groups in total. The van der Waals surface area contributed by atoms with Crippen molar-refractivity contribution in [1.82, 2.24) is 9.97 Å². The maximum Gasteiger partial charge on any atom is 0.117 e. The van der Waals surface area contributed by atoms with Crippen molar-refractivity contribution in [2.45, 2.75) is 16.7 Å². The standard InChI is InChI=1S/C19H20N4OS2/c1-23(26-17-7-2-3-9-20-17)16-6-4-5-13-11-15(22-18(13)16)19-21-12-14(25-19)8-10-24/h2-7,9,11,14,22,24H,8,10,12H2,1H3. The van der Waals surface area contributed by atoms with Crippen LogP contribution < -0.4 is 4.31 Å². The maximum atomic E-state index is 9.13. The molecule has 0 bridgehead atoms. The molecule has 2 aromatic heterocycles. The number of aromatic amines is 1. The molecule has 0 saturated carbocycles. The zero-order chi connectivity index (χ0) is 17.9. The monoisotopic (exact) mass is 384 g/mol. The van der Waals surface area contributed by atoms with Crippen LogP contribution in [0.5, 0.6) is 0 Å². The number of nitrogens with one attached hydrogen (secondary N) is 1. The highest BCUT2D eigenvalue weighted by Gasteiger charge is 2.22. The second kappa shape index (κ2) is 7.73. The number of thioether (sulfide) groups is 1. The van der Waals surface area contributed by atoms with Crippen LogP contribution in [0.2, 0.25) is 0 Å². The molecule has 0 aliphatic carbocycles. The number of hydrogen-bond donors (Lipinski definition) is 2. The maximum absolute atomic E-state index is 9.13. The highest BCUT2D eigenvalue weighted by Crippen LogP contribution is 2.34. The van der Waals surface area contributed by atoms with Gasteiger partial charge >= 0.3 is 0 Å². The molecule has 0 saturated heterocycles. The minimum absolute atomic E-state index is 0.215. The summed E-state index contributed by atoms with van der Waals surface area (Å²) < 4.78 is 2.13. The Morgan fingerprint density at radius 1 is 1.31 bits per heavy atom. The van der Waals surface area contributed by atoms with Crippen molar-refractivity contribution >= 4 is 45.3 Å². The first kappa shape index (κ1) is 17.5. The Labute approximate surface area is 161 Å². The van der Waals surface area contributed by atoms with Crippen LogP contribution in [0, 0.1) is 0 Å². The molecule has 0 fully saturated rings. The van der Waals surface area contributed by atoms with Gasteiger partial charge in [-0.3, -0.25) is 4.99 Å². The van der Waals surface area contributed by atoms with E-state index in [1.807, 2.05) is 31.4 Å². The molecule has 3 aromatic rings. The van der Waals surface area contributed by atoms with Crippen LogP contribution in [-0.4, -0.2) is 45.6 Å². The molecule has 4 rings (SSSR count). The number of aromatic nitrogens is 2. The molecule has 1 aliphatic heterocycles. The van der Waals surface area contributed by atoms with Gasteiger partial charge in [-0.15, -0.1) is 0 Å². The molecular weight excluding hydrogens is 364 g/mol. The number of anilines is 1. The Morgan fingerprint density at radius 2 is 2.23 bits per heavy atom. The Bertz CT molecular complexity index is 926. The molecule has 0 spiro atoms. The third-order valence-corrected chi connectivity index (χ3v) is 6.43. The summed E-state index contributed by atoms with van der Waals surface area (Å²) >= 11 is 3.35. The molecule has 1 aliphatic rings. The molecule has 134 valence electrons. The highest BCUT2D eigenvalue weighted by molar-refractivity contribution is 8.15. The van der Waals surface area contributed by atoms with E-state index in [9.17, 15) is 0 Å². The summed E-state index contributed by atoms with van der Waals surface area (Å²) in [6.07, 6.45) is 2.59. The number of hydrogen-bond acceptors (Lipinski definition) is 6. The third-order valence-electron chi connectivity index (χ3n) is 4.24. The van der Waals surface area contributed by atoms with Crippen molar-refractivity contribution in [3.05, 3.63) is 54.4 Å². The van der Waals surface area contributed by atoms with Crippen molar-refractivity contribution in [1.29, 1.82) is 0 Å². The number of rotatable bonds is 6. The molecule has 1 unspecified atom stereocenters. The molecule has 5 nitrogen and oxygen atoms in total. The van der Waals surface area contributed by atoms with Gasteiger partial charge in [0.1, 0.15) is 10.1 Å². The lowest BCUT2D eigenvalue weighted by Crippen LogP contribution is -2.07. The van der Waals surface area contributed by atoms with E-state index < -0.39 is 0 Å². The Kier molecular flexibility index (Phi) is 5.19. The van der Waals surface area contributed by atoms with E-state index in [1.165, 1.54) is 5.39 Å². The number of benzene rings is 1. The van der Waals surface area contributed by atoms with Crippen LogP contribution in [0.3, 0.4) is 0 Å². The Hall–Kier alpha value is -1.96. The third kappa shape index (κ3) is 3.60. The van der Waals surface area contributed by atoms with E-state index in [-0.39, 0.29) is 6.61 Å². The number of H-pyrrole nitrogens is 1. The zero-order valence-electron chi connectivity index (χ0n) is 14.4. The number of aliphatic imine (C=N–C) groups is 1. The first-order chi connectivity index (χ1) is 12.7. The van der Waals surface area contributed by atoms with E-state index >= 15 is 0 Å². The molecule has 1 atom stereocenters. The van der Waals surface area contributed by atoms with E-state index in [2.05, 4.69) is 43.5 Å². The largest absolute Gasteiger partial charge is 0.396 e. The number of fused-ring (bicyclic) bond motifs is 1. The van der Waals surface area contributed by atoms with Crippen LogP contribution >= 0.6 is 23.7 Å². The summed E-state index contributed by atoms with van der Waals surface area (Å²) in [6, 6.07) is 14.4. The topological polar surface area (TPSA) is 64.5 Å². The molecular formula is C19H20N4OS2. The van der Waals surface area contributed by atoms with Gasteiger partial charge in [-0.1, -0.05) is 30.0 Å². The fourth-order valence-electron chi connectivity index (χ4n) is 2.97. The molecule has 0 amide bonds. The fourth-order valence-corrected chi connectivity index (χ4v) is 4.82. The van der Waals surface area contributed by atoms with Gasteiger partial charge in [-0.05, 0) is 30.7 Å². The zero-order valence-corrected chi connectivity index (χ0v) is 16.1. The first-order valence-electron chi connectivity index (χ1n) is 8.51. The van der Waals surface area contributed by atoms with Crippen LogP contribution in [0.4, 0.5) is 5.69 Å². The highest BCUT2D eigenvalue weighted by atomic mass is 32.2. The van der Waals surface area contributed by atoms with Crippen molar-refractivity contribution in [3.8, 4) is 0 Å². The number of para-hydroxylation sites is 1. The quantitative estimate of drug-likeness (QED) is 0.630. The van der Waals surface area contributed by atoms with Gasteiger partial charge in [0, 0.05) is 42.4 Å². The predicted molar refractivity (Wildman–Crippen MR) is 111 cm³/mol. The van der Waals surface area contributed by atoms with E-state index in [0.717, 1.165) is 39.9 Å². The number of pyridine rings is 1. The Balaban J connectivity index is 1.60. The number of nitrogens with zero attached hydrogens (tertiary/aromatic N) is 3. The molecule has 3 heterocycles. The average molecular weight is 385 g/mol. The van der Waals surface area contributed by atoms with Gasteiger partial charge in [0.25, 0.3) is 0 Å². The first-order valence-corrected chi connectivity index (χ1v) is 10.2. The van der Waals surface area contributed by atoms with Gasteiger partial charge < -0.3 is 14.4 Å². The van der Waals surface area contributed by atoms with Crippen LogP contribution in [-0.2, 0) is 0 Å². The molecule has 0 radical (unpaired) electrons. The van der Waals surface area contributed by atoms with Gasteiger partial charge in [0.2, 0.25) is 0 Å². The molecule has 1 aromatic carbocycles. The van der Waals surface area contributed by atoms with Crippen LogP contribution in [0.15, 0.2) is 58.7 Å². The van der Waals surface area contributed by atoms with Crippen LogP contribution in [0.1, 0.15) is 12.1 Å². The van der Waals surface area contributed by atoms with Gasteiger partial charge in [-0.2, -0.15) is 0 Å². The summed E-state index contributed by atoms with van der Waals surface area (Å²) in [5.41, 5.74) is 3.26. The molecule has 7 heteroatoms. The summed E-state index contributed by atoms with van der Waals surface area (Å²) in [4.78, 5) is 12.6. The number of aliphatic hydroxyl groups excluding tert-OH is 1. The summed E-state index contributed by atoms with van der Waals surface area (Å²) in [5, 5.41) is 12.7. The normalized spacial score (nSPS) is 16.8. The van der Waals surface area contributed by atoms with Gasteiger partial charge in [-0.25, -0.2) is 4.98 Å². The minimum atomic E-state index is 0.215. The summed E-state index contributed by atoms with van der Waals surface area (Å²) in [7, 11) is 2.05. The van der Waals surface area contributed by atoms with E-state index in [4.69, 9.17) is 5.11 Å². The number of aliphatic hydroxyl groups is 1. The van der Waals surface area contributed by atoms with Crippen molar-refractivity contribution < 1.29 is 5.11 Å². The second-order valence-corrected chi connectivity index (χ2v) is 8.52. The second-order valence-electron chi connectivity index (χ2n) is 6.08. The van der Waals surface area contributed by atoms with Gasteiger partial charge in [0.15, 0.2) is 0 Å². The smallest absolute Gasteiger partial charge is 0.117 e. The van der Waals surface area contributed by atoms with Crippen LogP contribution in [0.25, 0.3) is 10.9 Å². The lowest BCUT2D eigenvalue weighted by atomic mass is 10.2. The van der Waals surface area contributed by atoms with Crippen molar-refractivity contribution in [2.24, 2.45) is 4.99 Å². The molecule has 26 heavy (non-hydrogen) atoms. The lowest BCUT2D eigenvalue weighted by molar-refractivity contribution is 0.288. The average Bonchev–Trinajstić information content (AvgIpc) is 3.29. The minimum Gasteiger partial charge on any atom is -0.396 e. The summed E-state index contributed by atoms with van der Waals surface area (Å²) in [5.74, 6) is 0. The lowest BCUT2D eigenvalue weighted by Gasteiger charge is -2.18. The van der Waals surface area contributed by atoms with Crippen molar-refractivity contribution in [2.75, 3.05) is 24.5 Å².